The molecule has 0 radical (unpaired) electrons. The van der Waals surface area contributed by atoms with Gasteiger partial charge in [0.1, 0.15) is 0 Å². The van der Waals surface area contributed by atoms with Crippen molar-refractivity contribution in [1.82, 2.24) is 0 Å². The summed E-state index contributed by atoms with van der Waals surface area (Å²) in [7, 11) is 0. The van der Waals surface area contributed by atoms with Crippen LogP contribution in [0.2, 0.25) is 0 Å². The highest BCUT2D eigenvalue weighted by Crippen LogP contribution is 2.33. The van der Waals surface area contributed by atoms with Crippen molar-refractivity contribution in [2.45, 2.75) is 18.8 Å². The van der Waals surface area contributed by atoms with Gasteiger partial charge in [-0.05, 0) is 18.4 Å². The van der Waals surface area contributed by atoms with Crippen LogP contribution in [-0.4, -0.2) is 10.9 Å². The van der Waals surface area contributed by atoms with Crippen molar-refractivity contribution < 1.29 is 5.21 Å². The molecule has 0 aliphatic heterocycles. The van der Waals surface area contributed by atoms with Gasteiger partial charge in [0.25, 0.3) is 0 Å². The monoisotopic (exact) mass is 161 g/mol. The number of benzene rings is 1. The zero-order valence-corrected chi connectivity index (χ0v) is 6.77. The van der Waals surface area contributed by atoms with E-state index in [4.69, 9.17) is 5.21 Å². The molecule has 1 aliphatic carbocycles. The van der Waals surface area contributed by atoms with Crippen molar-refractivity contribution in [3.05, 3.63) is 35.9 Å². The fraction of sp³-hybridized carbons (Fsp3) is 0.300. The van der Waals surface area contributed by atoms with Crippen LogP contribution in [0.4, 0.5) is 0 Å². The van der Waals surface area contributed by atoms with Crippen LogP contribution in [0.5, 0.6) is 0 Å². The van der Waals surface area contributed by atoms with E-state index in [0.717, 1.165) is 18.6 Å². The van der Waals surface area contributed by atoms with E-state index in [2.05, 4.69) is 17.3 Å². The van der Waals surface area contributed by atoms with Crippen LogP contribution in [0, 0.1) is 0 Å². The minimum absolute atomic E-state index is 0.371. The molecule has 0 aromatic heterocycles. The summed E-state index contributed by atoms with van der Waals surface area (Å²) < 4.78 is 0. The Morgan fingerprint density at radius 2 is 2.00 bits per heavy atom. The van der Waals surface area contributed by atoms with Gasteiger partial charge in [0, 0.05) is 5.92 Å². The second-order valence-electron chi connectivity index (χ2n) is 3.09. The second kappa shape index (κ2) is 2.97. The molecule has 0 bridgehead atoms. The molecule has 12 heavy (non-hydrogen) atoms. The Bertz CT molecular complexity index is 292. The summed E-state index contributed by atoms with van der Waals surface area (Å²) in [6, 6.07) is 10.2. The first kappa shape index (κ1) is 7.35. The van der Waals surface area contributed by atoms with Crippen LogP contribution in [0.15, 0.2) is 35.5 Å². The lowest BCUT2D eigenvalue weighted by Gasteiger charge is -2.26. The highest BCUT2D eigenvalue weighted by atomic mass is 16.4. The summed E-state index contributed by atoms with van der Waals surface area (Å²) in [5, 5.41) is 11.9. The van der Waals surface area contributed by atoms with Gasteiger partial charge < -0.3 is 5.21 Å². The van der Waals surface area contributed by atoms with Crippen LogP contribution < -0.4 is 0 Å². The molecule has 2 heteroatoms. The van der Waals surface area contributed by atoms with Crippen molar-refractivity contribution >= 4 is 5.71 Å². The lowest BCUT2D eigenvalue weighted by atomic mass is 9.78. The molecule has 0 heterocycles. The molecule has 1 fully saturated rings. The van der Waals surface area contributed by atoms with Crippen molar-refractivity contribution in [1.29, 1.82) is 0 Å². The van der Waals surface area contributed by atoms with E-state index in [1.54, 1.807) is 0 Å². The number of oxime groups is 1. The molecule has 1 aromatic rings. The van der Waals surface area contributed by atoms with Crippen LogP contribution >= 0.6 is 0 Å². The molecule has 1 aliphatic rings. The van der Waals surface area contributed by atoms with Gasteiger partial charge in [-0.1, -0.05) is 35.5 Å². The molecule has 1 N–H and O–H groups in total. The van der Waals surface area contributed by atoms with E-state index in [9.17, 15) is 0 Å². The Balaban J connectivity index is 2.22. The minimum atomic E-state index is 0.371. The zero-order chi connectivity index (χ0) is 8.39. The Kier molecular flexibility index (Phi) is 1.82. The molecule has 1 unspecified atom stereocenters. The first-order valence-corrected chi connectivity index (χ1v) is 4.17. The normalized spacial score (nSPS) is 25.3. The average molecular weight is 161 g/mol. The number of nitrogens with zero attached hydrogens (tertiary/aromatic N) is 1. The summed E-state index contributed by atoms with van der Waals surface area (Å²) in [5.74, 6) is 0.371. The first-order valence-electron chi connectivity index (χ1n) is 4.17. The van der Waals surface area contributed by atoms with Crippen LogP contribution in [0.3, 0.4) is 0 Å². The average Bonchev–Trinajstić information content (AvgIpc) is 2.05. The number of hydrogen-bond acceptors (Lipinski definition) is 2. The highest BCUT2D eigenvalue weighted by Gasteiger charge is 2.27. The molecule has 0 saturated heterocycles. The third-order valence-electron chi connectivity index (χ3n) is 2.42. The highest BCUT2D eigenvalue weighted by molar-refractivity contribution is 5.95. The SMILES string of the molecule is O/N=C1/CCC1c1ccccc1. The second-order valence-corrected chi connectivity index (χ2v) is 3.09. The fourth-order valence-electron chi connectivity index (χ4n) is 1.58. The Morgan fingerprint density at radius 1 is 1.25 bits per heavy atom. The van der Waals surface area contributed by atoms with E-state index in [-0.39, 0.29) is 0 Å². The molecule has 1 atom stereocenters. The summed E-state index contributed by atoms with van der Waals surface area (Å²) in [6.07, 6.45) is 2.06. The largest absolute Gasteiger partial charge is 0.411 e. The van der Waals surface area contributed by atoms with Crippen molar-refractivity contribution in [3.8, 4) is 0 Å². The summed E-state index contributed by atoms with van der Waals surface area (Å²) >= 11 is 0. The first-order chi connectivity index (χ1) is 5.92. The third kappa shape index (κ3) is 1.09. The van der Waals surface area contributed by atoms with Gasteiger partial charge in [0.15, 0.2) is 0 Å². The topological polar surface area (TPSA) is 32.6 Å². The van der Waals surface area contributed by atoms with Gasteiger partial charge in [-0.15, -0.1) is 0 Å². The predicted octanol–water partition coefficient (Wildman–Crippen LogP) is 2.39. The maximum atomic E-state index is 8.61. The molecular weight excluding hydrogens is 150 g/mol. The Hall–Kier alpha value is -1.31. The summed E-state index contributed by atoms with van der Waals surface area (Å²) in [6.45, 7) is 0. The standard InChI is InChI=1S/C10H11NO/c12-11-10-7-6-9(10)8-4-2-1-3-5-8/h1-5,9,12H,6-7H2/b11-10-. The Morgan fingerprint density at radius 3 is 2.50 bits per heavy atom. The van der Waals surface area contributed by atoms with Gasteiger partial charge in [0.2, 0.25) is 0 Å². The van der Waals surface area contributed by atoms with Gasteiger partial charge in [0.05, 0.1) is 5.71 Å². The molecule has 1 aromatic carbocycles. The quantitative estimate of drug-likeness (QED) is 0.498. The number of rotatable bonds is 1. The Labute approximate surface area is 71.5 Å². The van der Waals surface area contributed by atoms with Gasteiger partial charge in [-0.25, -0.2) is 0 Å². The van der Waals surface area contributed by atoms with E-state index in [0.29, 0.717) is 5.92 Å². The van der Waals surface area contributed by atoms with E-state index in [1.165, 1.54) is 5.56 Å². The van der Waals surface area contributed by atoms with Gasteiger partial charge in [-0.3, -0.25) is 0 Å². The smallest absolute Gasteiger partial charge is 0.0645 e. The van der Waals surface area contributed by atoms with Crippen LogP contribution in [0.25, 0.3) is 0 Å². The molecule has 2 nitrogen and oxygen atoms in total. The molecule has 2 rings (SSSR count). The fourth-order valence-corrected chi connectivity index (χ4v) is 1.58. The molecule has 62 valence electrons. The molecule has 0 spiro atoms. The zero-order valence-electron chi connectivity index (χ0n) is 6.77. The maximum absolute atomic E-state index is 8.61. The lowest BCUT2D eigenvalue weighted by molar-refractivity contribution is 0.310. The molecular formula is C10H11NO. The number of hydrogen-bond donors (Lipinski definition) is 1. The van der Waals surface area contributed by atoms with Gasteiger partial charge >= 0.3 is 0 Å². The molecule has 1 saturated carbocycles. The summed E-state index contributed by atoms with van der Waals surface area (Å²) in [5.41, 5.74) is 2.18. The van der Waals surface area contributed by atoms with Crippen molar-refractivity contribution in [3.63, 3.8) is 0 Å². The maximum Gasteiger partial charge on any atom is 0.0645 e. The van der Waals surface area contributed by atoms with E-state index in [1.807, 2.05) is 18.2 Å². The van der Waals surface area contributed by atoms with E-state index < -0.39 is 0 Å². The van der Waals surface area contributed by atoms with Crippen molar-refractivity contribution in [2.24, 2.45) is 5.16 Å². The third-order valence-corrected chi connectivity index (χ3v) is 2.42. The minimum Gasteiger partial charge on any atom is -0.411 e. The summed E-state index contributed by atoms with van der Waals surface area (Å²) in [4.78, 5) is 0. The van der Waals surface area contributed by atoms with Gasteiger partial charge in [-0.2, -0.15) is 0 Å². The molecule has 0 amide bonds. The van der Waals surface area contributed by atoms with Crippen LogP contribution in [0.1, 0.15) is 24.3 Å². The van der Waals surface area contributed by atoms with Crippen LogP contribution in [-0.2, 0) is 0 Å². The van der Waals surface area contributed by atoms with Crippen molar-refractivity contribution in [2.75, 3.05) is 0 Å². The van der Waals surface area contributed by atoms with E-state index >= 15 is 0 Å². The predicted molar refractivity (Wildman–Crippen MR) is 47.6 cm³/mol. The lowest BCUT2D eigenvalue weighted by Crippen LogP contribution is -2.23.